The highest BCUT2D eigenvalue weighted by atomic mass is 16.5. The molecule has 0 radical (unpaired) electrons. The number of amides is 3. The number of carbonyl (C=O) groups excluding carboxylic acids is 3. The molecule has 0 saturated carbocycles. The fourth-order valence-corrected chi connectivity index (χ4v) is 2.38. The molecule has 0 bridgehead atoms. The Balaban J connectivity index is 1.84. The molecule has 0 fully saturated rings. The third-order valence-corrected chi connectivity index (χ3v) is 4.14. The first-order valence-corrected chi connectivity index (χ1v) is 9.60. The van der Waals surface area contributed by atoms with Crippen molar-refractivity contribution < 1.29 is 19.1 Å². The van der Waals surface area contributed by atoms with Crippen LogP contribution in [0.3, 0.4) is 0 Å². The molecule has 0 aromatic heterocycles. The lowest BCUT2D eigenvalue weighted by Crippen LogP contribution is -2.38. The number of hydrogen-bond donors (Lipinski definition) is 3. The number of hydrogen-bond acceptors (Lipinski definition) is 5. The van der Waals surface area contributed by atoms with Crippen LogP contribution >= 0.6 is 0 Å². The maximum Gasteiger partial charge on any atom is 0.329 e. The normalized spacial score (nSPS) is 10.5. The number of benzene rings is 2. The second-order valence-corrected chi connectivity index (χ2v) is 6.66. The van der Waals surface area contributed by atoms with E-state index in [9.17, 15) is 14.4 Å². The minimum absolute atomic E-state index is 0.151. The molecule has 0 aliphatic carbocycles. The summed E-state index contributed by atoms with van der Waals surface area (Å²) in [5.74, 6) is -1.38. The Morgan fingerprint density at radius 2 is 1.83 bits per heavy atom. The van der Waals surface area contributed by atoms with Crippen molar-refractivity contribution in [1.29, 1.82) is 0 Å². The molecule has 0 aliphatic rings. The average molecular weight is 410 g/mol. The van der Waals surface area contributed by atoms with Crippen molar-refractivity contribution in [2.45, 2.75) is 27.2 Å². The van der Waals surface area contributed by atoms with Crippen molar-refractivity contribution in [3.8, 4) is 5.75 Å². The summed E-state index contributed by atoms with van der Waals surface area (Å²) in [6.45, 7) is 6.15. The van der Waals surface area contributed by atoms with Gasteiger partial charge in [0.1, 0.15) is 5.75 Å². The number of anilines is 1. The van der Waals surface area contributed by atoms with Crippen LogP contribution in [0.15, 0.2) is 47.6 Å². The number of aryl methyl sites for hydroxylation is 2. The van der Waals surface area contributed by atoms with Crippen LogP contribution in [0.1, 0.15) is 30.0 Å². The number of rotatable bonds is 8. The van der Waals surface area contributed by atoms with E-state index in [1.54, 1.807) is 24.3 Å². The Labute approximate surface area is 175 Å². The predicted molar refractivity (Wildman–Crippen MR) is 116 cm³/mol. The first-order chi connectivity index (χ1) is 14.4. The van der Waals surface area contributed by atoms with Crippen LogP contribution in [0, 0.1) is 13.8 Å². The lowest BCUT2D eigenvalue weighted by molar-refractivity contribution is -0.139. The smallest absolute Gasteiger partial charge is 0.329 e. The van der Waals surface area contributed by atoms with E-state index in [0.717, 1.165) is 17.5 Å². The Morgan fingerprint density at radius 3 is 2.57 bits per heavy atom. The molecule has 158 valence electrons. The van der Waals surface area contributed by atoms with Gasteiger partial charge in [-0.25, -0.2) is 5.43 Å². The first kappa shape index (κ1) is 22.6. The standard InChI is InChI=1S/C22H26N4O4/c1-4-10-23-21(28)22(29)26-24-13-17-6-5-7-19(12-17)30-14-20(27)25-18-9-8-15(2)16(3)11-18/h5-9,11-13H,4,10,14H2,1-3H3,(H,23,28)(H,25,27)(H,26,29)/b24-13-. The van der Waals surface area contributed by atoms with Gasteiger partial charge in [-0.05, 0) is 61.2 Å². The van der Waals surface area contributed by atoms with Gasteiger partial charge in [0.15, 0.2) is 6.61 Å². The Hall–Kier alpha value is -3.68. The van der Waals surface area contributed by atoms with E-state index in [4.69, 9.17) is 4.74 Å². The fraction of sp³-hybridized carbons (Fsp3) is 0.273. The van der Waals surface area contributed by atoms with Gasteiger partial charge in [0.05, 0.1) is 6.21 Å². The minimum atomic E-state index is -0.838. The molecule has 2 rings (SSSR count). The topological polar surface area (TPSA) is 109 Å². The third-order valence-electron chi connectivity index (χ3n) is 4.14. The largest absolute Gasteiger partial charge is 0.484 e. The van der Waals surface area contributed by atoms with E-state index < -0.39 is 11.8 Å². The summed E-state index contributed by atoms with van der Waals surface area (Å²) < 4.78 is 5.52. The number of hydrazone groups is 1. The summed E-state index contributed by atoms with van der Waals surface area (Å²) in [5.41, 5.74) is 5.75. The van der Waals surface area contributed by atoms with E-state index in [0.29, 0.717) is 23.5 Å². The Kier molecular flexibility index (Phi) is 8.56. The Morgan fingerprint density at radius 1 is 1.03 bits per heavy atom. The highest BCUT2D eigenvalue weighted by Gasteiger charge is 2.10. The molecule has 30 heavy (non-hydrogen) atoms. The molecule has 0 unspecified atom stereocenters. The van der Waals surface area contributed by atoms with Crippen LogP contribution in [0.2, 0.25) is 0 Å². The monoisotopic (exact) mass is 410 g/mol. The van der Waals surface area contributed by atoms with Crippen molar-refractivity contribution in [2.24, 2.45) is 5.10 Å². The van der Waals surface area contributed by atoms with Crippen LogP contribution in [0.5, 0.6) is 5.75 Å². The quantitative estimate of drug-likeness (QED) is 0.352. The highest BCUT2D eigenvalue weighted by molar-refractivity contribution is 6.35. The second-order valence-electron chi connectivity index (χ2n) is 6.66. The molecule has 0 atom stereocenters. The molecule has 8 nitrogen and oxygen atoms in total. The fourth-order valence-electron chi connectivity index (χ4n) is 2.38. The lowest BCUT2D eigenvalue weighted by atomic mass is 10.1. The first-order valence-electron chi connectivity index (χ1n) is 9.60. The van der Waals surface area contributed by atoms with Gasteiger partial charge in [0.2, 0.25) is 0 Å². The summed E-state index contributed by atoms with van der Waals surface area (Å²) in [4.78, 5) is 35.1. The Bertz CT molecular complexity index is 940. The van der Waals surface area contributed by atoms with Gasteiger partial charge in [0.25, 0.3) is 5.91 Å². The highest BCUT2D eigenvalue weighted by Crippen LogP contribution is 2.15. The van der Waals surface area contributed by atoms with Crippen molar-refractivity contribution in [2.75, 3.05) is 18.5 Å². The SMILES string of the molecule is CCCNC(=O)C(=O)N/N=C\c1cccc(OCC(=O)Nc2ccc(C)c(C)c2)c1. The van der Waals surface area contributed by atoms with E-state index >= 15 is 0 Å². The van der Waals surface area contributed by atoms with Gasteiger partial charge in [-0.1, -0.05) is 25.1 Å². The summed E-state index contributed by atoms with van der Waals surface area (Å²) in [5, 5.41) is 9.01. The van der Waals surface area contributed by atoms with Crippen molar-refractivity contribution in [3.63, 3.8) is 0 Å². The molecule has 3 N–H and O–H groups in total. The summed E-state index contributed by atoms with van der Waals surface area (Å²) in [6, 6.07) is 12.5. The third kappa shape index (κ3) is 7.38. The van der Waals surface area contributed by atoms with Crippen LogP contribution in [-0.4, -0.2) is 37.1 Å². The van der Waals surface area contributed by atoms with E-state index in [-0.39, 0.29) is 12.5 Å². The molecule has 2 aromatic rings. The maximum absolute atomic E-state index is 12.1. The molecule has 3 amide bonds. The summed E-state index contributed by atoms with van der Waals surface area (Å²) >= 11 is 0. The van der Waals surface area contributed by atoms with E-state index in [2.05, 4.69) is 21.2 Å². The van der Waals surface area contributed by atoms with Gasteiger partial charge >= 0.3 is 11.8 Å². The van der Waals surface area contributed by atoms with Crippen LogP contribution in [0.25, 0.3) is 0 Å². The van der Waals surface area contributed by atoms with E-state index in [1.807, 2.05) is 39.0 Å². The molecule has 8 heteroatoms. The number of ether oxygens (including phenoxy) is 1. The second kappa shape index (κ2) is 11.4. The molecular weight excluding hydrogens is 384 g/mol. The maximum atomic E-state index is 12.1. The average Bonchev–Trinajstić information content (AvgIpc) is 2.73. The lowest BCUT2D eigenvalue weighted by Gasteiger charge is -2.09. The van der Waals surface area contributed by atoms with Gasteiger partial charge in [-0.15, -0.1) is 0 Å². The van der Waals surface area contributed by atoms with E-state index in [1.165, 1.54) is 6.21 Å². The van der Waals surface area contributed by atoms with Crippen LogP contribution in [-0.2, 0) is 14.4 Å². The molecule has 2 aromatic carbocycles. The van der Waals surface area contributed by atoms with Crippen LogP contribution in [0.4, 0.5) is 5.69 Å². The van der Waals surface area contributed by atoms with Gasteiger partial charge in [-0.2, -0.15) is 5.10 Å². The molecule has 0 spiro atoms. The predicted octanol–water partition coefficient (Wildman–Crippen LogP) is 2.30. The van der Waals surface area contributed by atoms with Gasteiger partial charge < -0.3 is 15.4 Å². The van der Waals surface area contributed by atoms with Crippen molar-refractivity contribution >= 4 is 29.6 Å². The zero-order chi connectivity index (χ0) is 21.9. The summed E-state index contributed by atoms with van der Waals surface area (Å²) in [7, 11) is 0. The molecular formula is C22H26N4O4. The number of carbonyl (C=O) groups is 3. The molecule has 0 saturated heterocycles. The summed E-state index contributed by atoms with van der Waals surface area (Å²) in [6.07, 6.45) is 2.12. The molecule has 0 aliphatic heterocycles. The zero-order valence-corrected chi connectivity index (χ0v) is 17.3. The van der Waals surface area contributed by atoms with Gasteiger partial charge in [0, 0.05) is 12.2 Å². The van der Waals surface area contributed by atoms with Gasteiger partial charge in [-0.3, -0.25) is 14.4 Å². The van der Waals surface area contributed by atoms with Crippen molar-refractivity contribution in [1.82, 2.24) is 10.7 Å². The van der Waals surface area contributed by atoms with Crippen molar-refractivity contribution in [3.05, 3.63) is 59.2 Å². The minimum Gasteiger partial charge on any atom is -0.484 e. The van der Waals surface area contributed by atoms with Crippen LogP contribution < -0.4 is 20.8 Å². The zero-order valence-electron chi connectivity index (χ0n) is 17.3. The number of nitrogens with one attached hydrogen (secondary N) is 3. The molecule has 0 heterocycles. The number of nitrogens with zero attached hydrogens (tertiary/aromatic N) is 1.